The Hall–Kier alpha value is -3.92. The number of Topliss-reactive ketones (excluding diaryl/α,β-unsaturated/α-hetero) is 2. The molecular weight excluding hydrogens is 739 g/mol. The standard InChI is InChI=1S/C42H47IN2O5/c1-25-13-14-29(17-26(25)2)44-36(48)24-50-40-30(43)18-28(19-35(40)49-7)37-38-31(20-41(3,4)22-33(38)46)45(16-15-27-11-9-8-10-12-27)32-21-42(5,6)23-34(47)39(32)37/h8-14,17-19,37H,15-16,20-24H2,1-7H3,(H,44,48). The van der Waals surface area contributed by atoms with Crippen LogP contribution in [0.2, 0.25) is 0 Å². The molecule has 0 saturated carbocycles. The summed E-state index contributed by atoms with van der Waals surface area (Å²) in [7, 11) is 1.57. The van der Waals surface area contributed by atoms with Gasteiger partial charge < -0.3 is 19.7 Å². The van der Waals surface area contributed by atoms with Crippen LogP contribution in [0.15, 0.2) is 83.2 Å². The van der Waals surface area contributed by atoms with E-state index in [4.69, 9.17) is 9.47 Å². The van der Waals surface area contributed by atoms with Crippen molar-refractivity contribution in [3.63, 3.8) is 0 Å². The molecule has 50 heavy (non-hydrogen) atoms. The van der Waals surface area contributed by atoms with Crippen LogP contribution in [0.1, 0.15) is 81.5 Å². The van der Waals surface area contributed by atoms with Gasteiger partial charge in [0.2, 0.25) is 0 Å². The van der Waals surface area contributed by atoms with Crippen molar-refractivity contribution in [3.8, 4) is 11.5 Å². The SMILES string of the molecule is COc1cc(C2C3=C(CC(C)(C)CC3=O)N(CCc3ccccc3)C3=C2C(=O)CC(C)(C)C3)cc(I)c1OCC(=O)Nc1ccc(C)c(C)c1. The van der Waals surface area contributed by atoms with Crippen LogP contribution in [-0.4, -0.2) is 42.6 Å². The van der Waals surface area contributed by atoms with E-state index in [1.54, 1.807) is 7.11 Å². The molecule has 7 nitrogen and oxygen atoms in total. The third-order valence-electron chi connectivity index (χ3n) is 10.2. The molecule has 0 unspecified atom stereocenters. The molecule has 3 aliphatic rings. The average molecular weight is 787 g/mol. The number of hydrogen-bond acceptors (Lipinski definition) is 6. The highest BCUT2D eigenvalue weighted by atomic mass is 127. The van der Waals surface area contributed by atoms with E-state index in [0.717, 1.165) is 62.1 Å². The summed E-state index contributed by atoms with van der Waals surface area (Å²) in [6.07, 6.45) is 3.13. The fourth-order valence-electron chi connectivity index (χ4n) is 7.74. The van der Waals surface area contributed by atoms with Gasteiger partial charge in [0, 0.05) is 53.5 Å². The summed E-state index contributed by atoms with van der Waals surface area (Å²) in [6, 6.07) is 20.1. The first-order valence-electron chi connectivity index (χ1n) is 17.4. The molecule has 0 atom stereocenters. The molecule has 0 radical (unpaired) electrons. The van der Waals surface area contributed by atoms with Crippen molar-refractivity contribution in [2.24, 2.45) is 10.8 Å². The van der Waals surface area contributed by atoms with Gasteiger partial charge in [-0.2, -0.15) is 0 Å². The van der Waals surface area contributed by atoms with Gasteiger partial charge in [-0.05, 0) is 113 Å². The van der Waals surface area contributed by atoms with Crippen LogP contribution in [0, 0.1) is 28.2 Å². The Morgan fingerprint density at radius 1 is 0.860 bits per heavy atom. The normalized spacial score (nSPS) is 18.5. The quantitative estimate of drug-likeness (QED) is 0.218. The predicted molar refractivity (Wildman–Crippen MR) is 205 cm³/mol. The molecule has 1 amide bonds. The van der Waals surface area contributed by atoms with E-state index in [0.29, 0.717) is 36.6 Å². The molecule has 0 spiro atoms. The van der Waals surface area contributed by atoms with Gasteiger partial charge in [0.05, 0.1) is 10.7 Å². The number of benzene rings is 3. The van der Waals surface area contributed by atoms with Crippen LogP contribution < -0.4 is 14.8 Å². The number of carbonyl (C=O) groups excluding carboxylic acids is 3. The van der Waals surface area contributed by atoms with E-state index in [1.165, 1.54) is 5.56 Å². The largest absolute Gasteiger partial charge is 0.493 e. The summed E-state index contributed by atoms with van der Waals surface area (Å²) in [5, 5.41) is 2.91. The summed E-state index contributed by atoms with van der Waals surface area (Å²) in [5.41, 5.74) is 8.10. The molecule has 8 heteroatoms. The molecule has 1 N–H and O–H groups in total. The van der Waals surface area contributed by atoms with E-state index in [2.05, 4.69) is 84.8 Å². The number of amides is 1. The van der Waals surface area contributed by atoms with Crippen LogP contribution in [0.3, 0.4) is 0 Å². The van der Waals surface area contributed by atoms with Crippen molar-refractivity contribution in [1.29, 1.82) is 0 Å². The second-order valence-corrected chi connectivity index (χ2v) is 16.8. The number of anilines is 1. The number of nitrogens with one attached hydrogen (secondary N) is 1. The molecule has 2 aliphatic carbocycles. The number of ketones is 2. The van der Waals surface area contributed by atoms with Gasteiger partial charge in [-0.1, -0.05) is 64.1 Å². The zero-order valence-electron chi connectivity index (χ0n) is 30.2. The monoisotopic (exact) mass is 786 g/mol. The summed E-state index contributed by atoms with van der Waals surface area (Å²) in [6.45, 7) is 13.2. The molecular formula is C42H47IN2O5. The van der Waals surface area contributed by atoms with Gasteiger partial charge >= 0.3 is 0 Å². The summed E-state index contributed by atoms with van der Waals surface area (Å²) in [5.74, 6) is 0.287. The lowest BCUT2D eigenvalue weighted by Gasteiger charge is -2.49. The van der Waals surface area contributed by atoms with Crippen LogP contribution in [0.5, 0.6) is 11.5 Å². The third kappa shape index (κ3) is 7.41. The zero-order chi connectivity index (χ0) is 36.0. The fourth-order valence-corrected chi connectivity index (χ4v) is 8.52. The van der Waals surface area contributed by atoms with Crippen LogP contribution in [0.4, 0.5) is 5.69 Å². The minimum Gasteiger partial charge on any atom is -0.493 e. The number of carbonyl (C=O) groups is 3. The predicted octanol–water partition coefficient (Wildman–Crippen LogP) is 8.86. The van der Waals surface area contributed by atoms with Gasteiger partial charge in [0.25, 0.3) is 5.91 Å². The lowest BCUT2D eigenvalue weighted by Crippen LogP contribution is -2.45. The number of nitrogens with zero attached hydrogens (tertiary/aromatic N) is 1. The first-order chi connectivity index (χ1) is 23.7. The van der Waals surface area contributed by atoms with Crippen molar-refractivity contribution in [2.45, 2.75) is 79.6 Å². The summed E-state index contributed by atoms with van der Waals surface area (Å²) >= 11 is 2.20. The third-order valence-corrected chi connectivity index (χ3v) is 11.0. The number of hydrogen-bond donors (Lipinski definition) is 1. The molecule has 3 aromatic carbocycles. The van der Waals surface area contributed by atoms with E-state index in [9.17, 15) is 14.4 Å². The highest BCUT2D eigenvalue weighted by Crippen LogP contribution is 2.55. The number of halogens is 1. The Labute approximate surface area is 309 Å². The van der Waals surface area contributed by atoms with Crippen molar-refractivity contribution < 1.29 is 23.9 Å². The average Bonchev–Trinajstić information content (AvgIpc) is 3.03. The first kappa shape index (κ1) is 35.9. The smallest absolute Gasteiger partial charge is 0.262 e. The Bertz CT molecular complexity index is 1870. The number of ether oxygens (including phenoxy) is 2. The molecule has 1 heterocycles. The van der Waals surface area contributed by atoms with Crippen LogP contribution in [-0.2, 0) is 20.8 Å². The molecule has 0 aromatic heterocycles. The Balaban J connectivity index is 1.39. The lowest BCUT2D eigenvalue weighted by molar-refractivity contribution is -0.120. The highest BCUT2D eigenvalue weighted by molar-refractivity contribution is 14.1. The lowest BCUT2D eigenvalue weighted by atomic mass is 9.63. The van der Waals surface area contributed by atoms with E-state index >= 15 is 0 Å². The van der Waals surface area contributed by atoms with Crippen molar-refractivity contribution in [1.82, 2.24) is 4.90 Å². The summed E-state index contributed by atoms with van der Waals surface area (Å²) < 4.78 is 12.7. The number of allylic oxidation sites excluding steroid dienone is 4. The first-order valence-corrected chi connectivity index (χ1v) is 18.5. The maximum Gasteiger partial charge on any atom is 0.262 e. The maximum atomic E-state index is 14.3. The van der Waals surface area contributed by atoms with Crippen molar-refractivity contribution in [3.05, 3.63) is 109 Å². The van der Waals surface area contributed by atoms with Crippen molar-refractivity contribution >= 4 is 45.8 Å². The molecule has 0 fully saturated rings. The molecule has 1 aliphatic heterocycles. The zero-order valence-corrected chi connectivity index (χ0v) is 32.3. The van der Waals surface area contributed by atoms with Crippen LogP contribution >= 0.6 is 22.6 Å². The molecule has 262 valence electrons. The number of aryl methyl sites for hydroxylation is 2. The Morgan fingerprint density at radius 3 is 2.06 bits per heavy atom. The van der Waals surface area contributed by atoms with E-state index in [-0.39, 0.29) is 34.9 Å². The number of methoxy groups -OCH3 is 1. The van der Waals surface area contributed by atoms with Gasteiger partial charge in [-0.25, -0.2) is 0 Å². The molecule has 6 rings (SSSR count). The molecule has 3 aromatic rings. The van der Waals surface area contributed by atoms with E-state index < -0.39 is 5.92 Å². The van der Waals surface area contributed by atoms with Gasteiger partial charge in [0.15, 0.2) is 29.7 Å². The minimum absolute atomic E-state index is 0.0902. The van der Waals surface area contributed by atoms with Crippen molar-refractivity contribution in [2.75, 3.05) is 25.6 Å². The highest BCUT2D eigenvalue weighted by Gasteiger charge is 2.49. The Morgan fingerprint density at radius 2 is 1.48 bits per heavy atom. The Kier molecular flexibility index (Phi) is 10.1. The van der Waals surface area contributed by atoms with E-state index in [1.807, 2.05) is 50.2 Å². The summed E-state index contributed by atoms with van der Waals surface area (Å²) in [4.78, 5) is 43.9. The van der Waals surface area contributed by atoms with Crippen LogP contribution in [0.25, 0.3) is 0 Å². The fraction of sp³-hybridized carbons (Fsp3) is 0.405. The minimum atomic E-state index is -0.510. The number of rotatable bonds is 9. The van der Waals surface area contributed by atoms with Gasteiger partial charge in [-0.15, -0.1) is 0 Å². The maximum absolute atomic E-state index is 14.3. The van der Waals surface area contributed by atoms with Gasteiger partial charge in [0.1, 0.15) is 0 Å². The topological polar surface area (TPSA) is 84.9 Å². The molecule has 0 bridgehead atoms. The molecule has 0 saturated heterocycles. The second kappa shape index (κ2) is 14.0. The van der Waals surface area contributed by atoms with Gasteiger partial charge in [-0.3, -0.25) is 14.4 Å². The second-order valence-electron chi connectivity index (χ2n) is 15.6.